The van der Waals surface area contributed by atoms with Crippen LogP contribution in [-0.4, -0.2) is 25.9 Å². The largest absolute Gasteiger partial charge is 0.508 e. The first-order valence-corrected chi connectivity index (χ1v) is 7.95. The summed E-state index contributed by atoms with van der Waals surface area (Å²) in [5.41, 5.74) is 10.1. The number of aryl methyl sites for hydroxylation is 3. The second kappa shape index (κ2) is 6.51. The zero-order valence-electron chi connectivity index (χ0n) is 14.7. The standard InChI is InChI=1S/C19H19FN4O2/c1-10-5-4-6-11(2)15(10)16-17(13-8-7-12(25)9-14(13)20)22-24(3)18(16)19(21)23-26/h4-9,25-26H,1-3H3,(H2,21,23). The molecule has 26 heavy (non-hydrogen) atoms. The summed E-state index contributed by atoms with van der Waals surface area (Å²) in [4.78, 5) is 0. The average molecular weight is 354 g/mol. The van der Waals surface area contributed by atoms with Gasteiger partial charge in [0.25, 0.3) is 0 Å². The molecule has 0 aliphatic carbocycles. The van der Waals surface area contributed by atoms with E-state index in [1.54, 1.807) is 7.05 Å². The van der Waals surface area contributed by atoms with Gasteiger partial charge in [0.05, 0.1) is 0 Å². The van der Waals surface area contributed by atoms with Gasteiger partial charge in [-0.1, -0.05) is 23.4 Å². The van der Waals surface area contributed by atoms with Gasteiger partial charge in [-0.3, -0.25) is 4.68 Å². The molecule has 4 N–H and O–H groups in total. The number of benzene rings is 2. The Labute approximate surface area is 150 Å². The topological polar surface area (TPSA) is 96.7 Å². The minimum atomic E-state index is -0.610. The lowest BCUT2D eigenvalue weighted by molar-refractivity contribution is 0.318. The summed E-state index contributed by atoms with van der Waals surface area (Å²) >= 11 is 0. The van der Waals surface area contributed by atoms with Gasteiger partial charge in [0.15, 0.2) is 5.84 Å². The van der Waals surface area contributed by atoms with Crippen molar-refractivity contribution in [2.45, 2.75) is 13.8 Å². The van der Waals surface area contributed by atoms with Crippen molar-refractivity contribution in [1.29, 1.82) is 0 Å². The van der Waals surface area contributed by atoms with Gasteiger partial charge in [-0.25, -0.2) is 4.39 Å². The van der Waals surface area contributed by atoms with E-state index in [2.05, 4.69) is 10.3 Å². The molecule has 3 aromatic rings. The van der Waals surface area contributed by atoms with Gasteiger partial charge in [-0.15, -0.1) is 0 Å². The van der Waals surface area contributed by atoms with Gasteiger partial charge in [-0.2, -0.15) is 5.10 Å². The Balaban J connectivity index is 2.44. The van der Waals surface area contributed by atoms with Crippen molar-refractivity contribution in [2.75, 3.05) is 0 Å². The minimum absolute atomic E-state index is 0.122. The van der Waals surface area contributed by atoms with E-state index in [1.807, 2.05) is 32.0 Å². The molecule has 0 amide bonds. The molecule has 0 spiro atoms. The molecule has 7 heteroatoms. The Morgan fingerprint density at radius 1 is 1.15 bits per heavy atom. The molecular weight excluding hydrogens is 335 g/mol. The maximum absolute atomic E-state index is 14.5. The summed E-state index contributed by atoms with van der Waals surface area (Å²) in [5.74, 6) is -0.905. The first-order chi connectivity index (χ1) is 12.3. The van der Waals surface area contributed by atoms with Crippen LogP contribution in [0.25, 0.3) is 22.4 Å². The number of oxime groups is 1. The quantitative estimate of drug-likeness (QED) is 0.291. The highest BCUT2D eigenvalue weighted by atomic mass is 19.1. The van der Waals surface area contributed by atoms with E-state index in [9.17, 15) is 14.7 Å². The monoisotopic (exact) mass is 354 g/mol. The predicted molar refractivity (Wildman–Crippen MR) is 97.7 cm³/mol. The van der Waals surface area contributed by atoms with Crippen LogP contribution in [0.2, 0.25) is 0 Å². The number of amidine groups is 1. The number of nitrogens with zero attached hydrogens (tertiary/aromatic N) is 3. The van der Waals surface area contributed by atoms with Gasteiger partial charge >= 0.3 is 0 Å². The Morgan fingerprint density at radius 3 is 2.38 bits per heavy atom. The van der Waals surface area contributed by atoms with Crippen molar-refractivity contribution in [3.05, 3.63) is 59.0 Å². The molecule has 2 aromatic carbocycles. The molecule has 0 radical (unpaired) electrons. The highest BCUT2D eigenvalue weighted by Crippen LogP contribution is 2.39. The lowest BCUT2D eigenvalue weighted by atomic mass is 9.91. The molecule has 0 aliphatic heterocycles. The molecule has 3 rings (SSSR count). The van der Waals surface area contributed by atoms with E-state index in [4.69, 9.17) is 5.73 Å². The zero-order chi connectivity index (χ0) is 19.0. The van der Waals surface area contributed by atoms with Crippen molar-refractivity contribution in [3.8, 4) is 28.1 Å². The SMILES string of the molecule is Cc1cccc(C)c1-c1c(-c2ccc(O)cc2F)nn(C)c1C(N)=NO. The lowest BCUT2D eigenvalue weighted by Gasteiger charge is -2.13. The maximum Gasteiger partial charge on any atom is 0.189 e. The summed E-state index contributed by atoms with van der Waals surface area (Å²) in [6, 6.07) is 9.67. The first-order valence-electron chi connectivity index (χ1n) is 7.95. The van der Waals surface area contributed by atoms with Gasteiger partial charge < -0.3 is 16.0 Å². The summed E-state index contributed by atoms with van der Waals surface area (Å²) in [5, 5.41) is 26.2. The van der Waals surface area contributed by atoms with E-state index >= 15 is 0 Å². The van der Waals surface area contributed by atoms with Crippen molar-refractivity contribution in [1.82, 2.24) is 9.78 Å². The maximum atomic E-state index is 14.5. The van der Waals surface area contributed by atoms with Crippen LogP contribution >= 0.6 is 0 Å². The molecular formula is C19H19FN4O2. The van der Waals surface area contributed by atoms with Crippen LogP contribution in [0.1, 0.15) is 16.8 Å². The van der Waals surface area contributed by atoms with Gasteiger partial charge in [0.2, 0.25) is 0 Å². The van der Waals surface area contributed by atoms with Gasteiger partial charge in [0, 0.05) is 24.2 Å². The summed E-state index contributed by atoms with van der Waals surface area (Å²) in [6.07, 6.45) is 0. The smallest absolute Gasteiger partial charge is 0.189 e. The molecule has 0 saturated carbocycles. The normalized spacial score (nSPS) is 11.8. The van der Waals surface area contributed by atoms with Crippen molar-refractivity contribution < 1.29 is 14.7 Å². The van der Waals surface area contributed by atoms with Crippen LogP contribution in [0.3, 0.4) is 0 Å². The number of aromatic hydroxyl groups is 1. The van der Waals surface area contributed by atoms with Crippen LogP contribution in [0, 0.1) is 19.7 Å². The lowest BCUT2D eigenvalue weighted by Crippen LogP contribution is -2.18. The molecule has 0 unspecified atom stereocenters. The van der Waals surface area contributed by atoms with Crippen LogP contribution in [0.15, 0.2) is 41.6 Å². The zero-order valence-corrected chi connectivity index (χ0v) is 14.7. The number of hydrogen-bond acceptors (Lipinski definition) is 4. The van der Waals surface area contributed by atoms with Crippen molar-refractivity contribution in [2.24, 2.45) is 17.9 Å². The third-order valence-corrected chi connectivity index (χ3v) is 4.34. The van der Waals surface area contributed by atoms with Crippen LogP contribution < -0.4 is 5.73 Å². The molecule has 0 atom stereocenters. The summed E-state index contributed by atoms with van der Waals surface area (Å²) in [6.45, 7) is 3.87. The Bertz CT molecular complexity index is 1000. The highest BCUT2D eigenvalue weighted by Gasteiger charge is 2.25. The van der Waals surface area contributed by atoms with Gasteiger partial charge in [0.1, 0.15) is 23.0 Å². The van der Waals surface area contributed by atoms with Crippen LogP contribution in [-0.2, 0) is 7.05 Å². The number of phenols is 1. The molecule has 0 bridgehead atoms. The van der Waals surface area contributed by atoms with Crippen molar-refractivity contribution >= 4 is 5.84 Å². The van der Waals surface area contributed by atoms with E-state index in [1.165, 1.54) is 16.8 Å². The predicted octanol–water partition coefficient (Wildman–Crippen LogP) is 3.31. The number of aromatic nitrogens is 2. The molecule has 134 valence electrons. The molecule has 1 aromatic heterocycles. The Kier molecular flexibility index (Phi) is 4.38. The molecule has 0 saturated heterocycles. The molecule has 6 nitrogen and oxygen atoms in total. The fraction of sp³-hybridized carbons (Fsp3) is 0.158. The molecule has 0 aliphatic rings. The number of rotatable bonds is 3. The minimum Gasteiger partial charge on any atom is -0.508 e. The second-order valence-corrected chi connectivity index (χ2v) is 6.11. The van der Waals surface area contributed by atoms with Gasteiger partial charge in [-0.05, 0) is 42.7 Å². The van der Waals surface area contributed by atoms with E-state index < -0.39 is 5.82 Å². The molecule has 1 heterocycles. The number of nitrogens with two attached hydrogens (primary N) is 1. The molecule has 0 fully saturated rings. The number of phenolic OH excluding ortho intramolecular Hbond substituents is 1. The second-order valence-electron chi connectivity index (χ2n) is 6.11. The number of hydrogen-bond donors (Lipinski definition) is 3. The Hall–Kier alpha value is -3.35. The fourth-order valence-corrected chi connectivity index (χ4v) is 3.20. The fourth-order valence-electron chi connectivity index (χ4n) is 3.20. The van der Waals surface area contributed by atoms with E-state index in [0.29, 0.717) is 17.0 Å². The highest BCUT2D eigenvalue weighted by molar-refractivity contribution is 6.05. The third-order valence-electron chi connectivity index (χ3n) is 4.34. The Morgan fingerprint density at radius 2 is 1.81 bits per heavy atom. The van der Waals surface area contributed by atoms with E-state index in [0.717, 1.165) is 22.8 Å². The van der Waals surface area contributed by atoms with Crippen molar-refractivity contribution in [3.63, 3.8) is 0 Å². The van der Waals surface area contributed by atoms with Crippen LogP contribution in [0.5, 0.6) is 5.75 Å². The average Bonchev–Trinajstić information content (AvgIpc) is 2.91. The third kappa shape index (κ3) is 2.77. The first kappa shape index (κ1) is 17.5. The summed E-state index contributed by atoms with van der Waals surface area (Å²) < 4.78 is 16.0. The summed E-state index contributed by atoms with van der Waals surface area (Å²) in [7, 11) is 1.65. The van der Waals surface area contributed by atoms with E-state index in [-0.39, 0.29) is 17.1 Å². The number of halogens is 1. The van der Waals surface area contributed by atoms with Crippen LogP contribution in [0.4, 0.5) is 4.39 Å².